The van der Waals surface area contributed by atoms with Crippen LogP contribution in [-0.2, 0) is 22.5 Å². The van der Waals surface area contributed by atoms with Gasteiger partial charge in [0.05, 0.1) is 5.56 Å². The second-order valence-corrected chi connectivity index (χ2v) is 5.39. The Bertz CT molecular complexity index is 677. The molecule has 0 saturated heterocycles. The van der Waals surface area contributed by atoms with E-state index in [-0.39, 0.29) is 12.5 Å². The van der Waals surface area contributed by atoms with Gasteiger partial charge in [0.1, 0.15) is 0 Å². The summed E-state index contributed by atoms with van der Waals surface area (Å²) in [6.07, 6.45) is 0.988. The maximum absolute atomic E-state index is 11.8. The zero-order valence-electron chi connectivity index (χ0n) is 13.5. The van der Waals surface area contributed by atoms with Gasteiger partial charge in [-0.25, -0.2) is 4.79 Å². The van der Waals surface area contributed by atoms with Crippen LogP contribution in [0.5, 0.6) is 0 Å². The third-order valence-electron chi connectivity index (χ3n) is 3.51. The molecule has 4 heteroatoms. The first kappa shape index (κ1) is 16.7. The van der Waals surface area contributed by atoms with Crippen molar-refractivity contribution in [3.05, 3.63) is 70.8 Å². The fourth-order valence-electron chi connectivity index (χ4n) is 2.13. The molecule has 0 unspecified atom stereocenters. The molecule has 0 fully saturated rings. The predicted molar refractivity (Wildman–Crippen MR) is 89.1 cm³/mol. The van der Waals surface area contributed by atoms with Gasteiger partial charge in [-0.15, -0.1) is 0 Å². The predicted octanol–water partition coefficient (Wildman–Crippen LogP) is 3.03. The molecule has 4 nitrogen and oxygen atoms in total. The minimum absolute atomic E-state index is 0.278. The van der Waals surface area contributed by atoms with Gasteiger partial charge < -0.3 is 10.1 Å². The van der Waals surface area contributed by atoms with Crippen molar-refractivity contribution in [1.29, 1.82) is 0 Å². The first-order valence-corrected chi connectivity index (χ1v) is 7.67. The molecule has 0 saturated carbocycles. The van der Waals surface area contributed by atoms with Crippen molar-refractivity contribution >= 4 is 11.9 Å². The van der Waals surface area contributed by atoms with Crippen LogP contribution in [0.2, 0.25) is 0 Å². The Morgan fingerprint density at radius 1 is 1.04 bits per heavy atom. The highest BCUT2D eigenvalue weighted by atomic mass is 16.5. The standard InChI is InChI=1S/C19H21NO3/c1-3-15-7-9-16(10-8-15)12-20-18(21)13-23-19(22)17-6-4-5-14(2)11-17/h4-11H,3,12-13H2,1-2H3,(H,20,21). The molecule has 0 aliphatic carbocycles. The smallest absolute Gasteiger partial charge is 0.338 e. The molecule has 23 heavy (non-hydrogen) atoms. The summed E-state index contributed by atoms with van der Waals surface area (Å²) in [6, 6.07) is 15.1. The molecule has 0 aromatic heterocycles. The molecule has 2 aromatic rings. The molecule has 2 aromatic carbocycles. The molecule has 0 heterocycles. The summed E-state index contributed by atoms with van der Waals surface area (Å²) in [7, 11) is 0. The second kappa shape index (κ2) is 8.13. The highest BCUT2D eigenvalue weighted by Crippen LogP contribution is 2.06. The van der Waals surface area contributed by atoms with Crippen LogP contribution in [0.15, 0.2) is 48.5 Å². The number of amides is 1. The van der Waals surface area contributed by atoms with E-state index < -0.39 is 5.97 Å². The lowest BCUT2D eigenvalue weighted by molar-refractivity contribution is -0.124. The van der Waals surface area contributed by atoms with Gasteiger partial charge in [-0.05, 0) is 36.6 Å². The van der Waals surface area contributed by atoms with Gasteiger partial charge in [0.15, 0.2) is 6.61 Å². The molecule has 1 N–H and O–H groups in total. The summed E-state index contributed by atoms with van der Waals surface area (Å²) in [5.41, 5.74) is 3.69. The van der Waals surface area contributed by atoms with Crippen molar-refractivity contribution in [2.75, 3.05) is 6.61 Å². The molecule has 0 bridgehead atoms. The number of aryl methyl sites for hydroxylation is 2. The lowest BCUT2D eigenvalue weighted by atomic mass is 10.1. The average Bonchev–Trinajstić information content (AvgIpc) is 2.58. The van der Waals surface area contributed by atoms with E-state index in [1.807, 2.05) is 37.3 Å². The van der Waals surface area contributed by atoms with E-state index in [1.165, 1.54) is 5.56 Å². The van der Waals surface area contributed by atoms with Gasteiger partial charge in [-0.1, -0.05) is 48.9 Å². The summed E-state index contributed by atoms with van der Waals surface area (Å²) in [4.78, 5) is 23.6. The molecule has 1 amide bonds. The zero-order chi connectivity index (χ0) is 16.7. The summed E-state index contributed by atoms with van der Waals surface area (Å²) in [5, 5.41) is 2.74. The Hall–Kier alpha value is -2.62. The SMILES string of the molecule is CCc1ccc(CNC(=O)COC(=O)c2cccc(C)c2)cc1. The van der Waals surface area contributed by atoms with E-state index in [2.05, 4.69) is 12.2 Å². The highest BCUT2D eigenvalue weighted by molar-refractivity contribution is 5.91. The third kappa shape index (κ3) is 5.25. The van der Waals surface area contributed by atoms with Crippen LogP contribution >= 0.6 is 0 Å². The van der Waals surface area contributed by atoms with Crippen LogP contribution in [0, 0.1) is 6.92 Å². The lowest BCUT2D eigenvalue weighted by Gasteiger charge is -2.07. The van der Waals surface area contributed by atoms with E-state index in [9.17, 15) is 9.59 Å². The van der Waals surface area contributed by atoms with Crippen molar-refractivity contribution in [2.24, 2.45) is 0 Å². The maximum Gasteiger partial charge on any atom is 0.338 e. The van der Waals surface area contributed by atoms with Gasteiger partial charge in [-0.2, -0.15) is 0 Å². The number of carbonyl (C=O) groups is 2. The third-order valence-corrected chi connectivity index (χ3v) is 3.51. The Kier molecular flexibility index (Phi) is 5.92. The quantitative estimate of drug-likeness (QED) is 0.834. The van der Waals surface area contributed by atoms with E-state index in [0.717, 1.165) is 17.5 Å². The molecule has 0 atom stereocenters. The Balaban J connectivity index is 1.77. The fourth-order valence-corrected chi connectivity index (χ4v) is 2.13. The van der Waals surface area contributed by atoms with Crippen LogP contribution in [0.4, 0.5) is 0 Å². The summed E-state index contributed by atoms with van der Waals surface area (Å²) >= 11 is 0. The van der Waals surface area contributed by atoms with Crippen LogP contribution in [-0.4, -0.2) is 18.5 Å². The number of benzene rings is 2. The van der Waals surface area contributed by atoms with Crippen LogP contribution in [0.3, 0.4) is 0 Å². The monoisotopic (exact) mass is 311 g/mol. The molecule has 0 radical (unpaired) electrons. The van der Waals surface area contributed by atoms with Gasteiger partial charge in [-0.3, -0.25) is 4.79 Å². The topological polar surface area (TPSA) is 55.4 Å². The Labute approximate surface area is 136 Å². The minimum Gasteiger partial charge on any atom is -0.452 e. The second-order valence-electron chi connectivity index (χ2n) is 5.39. The van der Waals surface area contributed by atoms with Crippen LogP contribution in [0.25, 0.3) is 0 Å². The van der Waals surface area contributed by atoms with Crippen LogP contribution in [0.1, 0.15) is 34.0 Å². The summed E-state index contributed by atoms with van der Waals surface area (Å²) in [5.74, 6) is -0.804. The minimum atomic E-state index is -0.490. The van der Waals surface area contributed by atoms with Gasteiger partial charge >= 0.3 is 5.97 Å². The average molecular weight is 311 g/mol. The summed E-state index contributed by atoms with van der Waals surface area (Å²) < 4.78 is 5.02. The highest BCUT2D eigenvalue weighted by Gasteiger charge is 2.10. The Morgan fingerprint density at radius 3 is 2.39 bits per heavy atom. The summed E-state index contributed by atoms with van der Waals surface area (Å²) in [6.45, 7) is 4.14. The van der Waals surface area contributed by atoms with Crippen molar-refractivity contribution in [1.82, 2.24) is 5.32 Å². The van der Waals surface area contributed by atoms with E-state index in [0.29, 0.717) is 12.1 Å². The molecule has 0 aliphatic rings. The molecule has 120 valence electrons. The zero-order valence-corrected chi connectivity index (χ0v) is 13.5. The number of rotatable bonds is 6. The van der Waals surface area contributed by atoms with E-state index in [1.54, 1.807) is 18.2 Å². The molecule has 0 spiro atoms. The first-order valence-electron chi connectivity index (χ1n) is 7.67. The lowest BCUT2D eigenvalue weighted by Crippen LogP contribution is -2.28. The van der Waals surface area contributed by atoms with Crippen LogP contribution < -0.4 is 5.32 Å². The first-order chi connectivity index (χ1) is 11.1. The molecular formula is C19H21NO3. The number of nitrogens with one attached hydrogen (secondary N) is 1. The van der Waals surface area contributed by atoms with Crippen molar-refractivity contribution in [3.8, 4) is 0 Å². The molecule has 2 rings (SSSR count). The van der Waals surface area contributed by atoms with Crippen molar-refractivity contribution in [3.63, 3.8) is 0 Å². The number of carbonyl (C=O) groups excluding carboxylic acids is 2. The number of ether oxygens (including phenoxy) is 1. The van der Waals surface area contributed by atoms with Gasteiger partial charge in [0, 0.05) is 6.54 Å². The Morgan fingerprint density at radius 2 is 1.74 bits per heavy atom. The van der Waals surface area contributed by atoms with Gasteiger partial charge in [0.2, 0.25) is 0 Å². The van der Waals surface area contributed by atoms with E-state index in [4.69, 9.17) is 4.74 Å². The number of hydrogen-bond acceptors (Lipinski definition) is 3. The van der Waals surface area contributed by atoms with Crippen molar-refractivity contribution in [2.45, 2.75) is 26.8 Å². The van der Waals surface area contributed by atoms with Crippen molar-refractivity contribution < 1.29 is 14.3 Å². The largest absolute Gasteiger partial charge is 0.452 e. The maximum atomic E-state index is 11.8. The van der Waals surface area contributed by atoms with Gasteiger partial charge in [0.25, 0.3) is 5.91 Å². The number of hydrogen-bond donors (Lipinski definition) is 1. The molecule has 0 aliphatic heterocycles. The molecular weight excluding hydrogens is 290 g/mol. The van der Waals surface area contributed by atoms with E-state index >= 15 is 0 Å². The fraction of sp³-hybridized carbons (Fsp3) is 0.263. The normalized spacial score (nSPS) is 10.2. The number of esters is 1.